The van der Waals surface area contributed by atoms with E-state index in [9.17, 15) is 4.79 Å². The molecule has 0 aromatic carbocycles. The van der Waals surface area contributed by atoms with Gasteiger partial charge in [0, 0.05) is 37.8 Å². The maximum atomic E-state index is 12.2. The highest BCUT2D eigenvalue weighted by molar-refractivity contribution is 5.81. The van der Waals surface area contributed by atoms with Gasteiger partial charge in [-0.3, -0.25) is 4.79 Å². The molecular weight excluding hydrogens is 252 g/mol. The molecule has 4 nitrogen and oxygen atoms in total. The minimum absolute atomic E-state index is 0.248. The number of amides is 1. The van der Waals surface area contributed by atoms with E-state index in [1.165, 1.54) is 12.8 Å². The molecule has 0 bridgehead atoms. The largest absolute Gasteiger partial charge is 0.381 e. The van der Waals surface area contributed by atoms with Crippen LogP contribution in [0.4, 0.5) is 0 Å². The first-order chi connectivity index (χ1) is 9.47. The average Bonchev–Trinajstić information content (AvgIpc) is 2.45. The van der Waals surface area contributed by atoms with E-state index in [0.717, 1.165) is 51.6 Å². The van der Waals surface area contributed by atoms with Gasteiger partial charge in [0.15, 0.2) is 0 Å². The van der Waals surface area contributed by atoms with Crippen LogP contribution in [0.5, 0.6) is 0 Å². The number of hydrogen-bond donors (Lipinski definition) is 1. The fourth-order valence-electron chi connectivity index (χ4n) is 3.04. The standard InChI is InChI=1S/C16H30N2O2/c1-16(2,3)15(19)18-8-4-14(5-9-18)17-12-13-6-10-20-11-7-13/h13-14,17H,4-12H2,1-3H3. The van der Waals surface area contributed by atoms with Gasteiger partial charge in [0.2, 0.25) is 5.91 Å². The lowest BCUT2D eigenvalue weighted by Gasteiger charge is -2.36. The molecule has 0 aromatic heterocycles. The monoisotopic (exact) mass is 282 g/mol. The lowest BCUT2D eigenvalue weighted by molar-refractivity contribution is -0.140. The Kier molecular flexibility index (Phi) is 5.44. The number of nitrogens with zero attached hydrogens (tertiary/aromatic N) is 1. The third-order valence-corrected chi connectivity index (χ3v) is 4.46. The predicted molar refractivity (Wildman–Crippen MR) is 80.6 cm³/mol. The Labute approximate surface area is 123 Å². The number of carbonyl (C=O) groups excluding carboxylic acids is 1. The normalized spacial score (nSPS) is 23.1. The molecular formula is C16H30N2O2. The molecule has 1 amide bonds. The van der Waals surface area contributed by atoms with Gasteiger partial charge in [0.25, 0.3) is 0 Å². The second-order valence-electron chi connectivity index (χ2n) is 7.28. The number of piperidine rings is 1. The van der Waals surface area contributed by atoms with Crippen molar-refractivity contribution in [2.45, 2.75) is 52.5 Å². The number of nitrogens with one attached hydrogen (secondary N) is 1. The summed E-state index contributed by atoms with van der Waals surface area (Å²) in [5.74, 6) is 1.07. The summed E-state index contributed by atoms with van der Waals surface area (Å²) in [5.41, 5.74) is -0.248. The molecule has 0 unspecified atom stereocenters. The second-order valence-corrected chi connectivity index (χ2v) is 7.28. The van der Waals surface area contributed by atoms with Crippen LogP contribution in [-0.2, 0) is 9.53 Å². The van der Waals surface area contributed by atoms with E-state index < -0.39 is 0 Å². The van der Waals surface area contributed by atoms with E-state index in [2.05, 4.69) is 5.32 Å². The van der Waals surface area contributed by atoms with Gasteiger partial charge in [-0.25, -0.2) is 0 Å². The van der Waals surface area contributed by atoms with Gasteiger partial charge < -0.3 is 15.0 Å². The zero-order valence-electron chi connectivity index (χ0n) is 13.3. The Balaban J connectivity index is 1.67. The van der Waals surface area contributed by atoms with Crippen LogP contribution in [0, 0.1) is 11.3 Å². The highest BCUT2D eigenvalue weighted by Gasteiger charge is 2.30. The van der Waals surface area contributed by atoms with E-state index in [-0.39, 0.29) is 5.41 Å². The van der Waals surface area contributed by atoms with E-state index >= 15 is 0 Å². The quantitative estimate of drug-likeness (QED) is 0.861. The molecule has 0 radical (unpaired) electrons. The first kappa shape index (κ1) is 15.8. The molecule has 0 atom stereocenters. The van der Waals surface area contributed by atoms with Gasteiger partial charge in [-0.05, 0) is 38.1 Å². The SMILES string of the molecule is CC(C)(C)C(=O)N1CCC(NCC2CCOCC2)CC1. The van der Waals surface area contributed by atoms with Crippen molar-refractivity contribution in [3.8, 4) is 0 Å². The summed E-state index contributed by atoms with van der Waals surface area (Å²) in [6.07, 6.45) is 4.55. The Morgan fingerprint density at radius 1 is 1.15 bits per heavy atom. The summed E-state index contributed by atoms with van der Waals surface area (Å²) in [4.78, 5) is 14.3. The Morgan fingerprint density at radius 3 is 2.30 bits per heavy atom. The number of hydrogen-bond acceptors (Lipinski definition) is 3. The molecule has 2 aliphatic heterocycles. The van der Waals surface area contributed by atoms with Crippen molar-refractivity contribution in [2.75, 3.05) is 32.8 Å². The zero-order chi connectivity index (χ0) is 14.6. The molecule has 116 valence electrons. The molecule has 2 heterocycles. The Morgan fingerprint density at radius 2 is 1.75 bits per heavy atom. The van der Waals surface area contributed by atoms with E-state index in [1.807, 2.05) is 25.7 Å². The van der Waals surface area contributed by atoms with Crippen molar-refractivity contribution in [1.82, 2.24) is 10.2 Å². The van der Waals surface area contributed by atoms with Crippen LogP contribution >= 0.6 is 0 Å². The molecule has 2 saturated heterocycles. The molecule has 4 heteroatoms. The first-order valence-electron chi connectivity index (χ1n) is 8.07. The maximum absolute atomic E-state index is 12.2. The molecule has 2 aliphatic rings. The van der Waals surface area contributed by atoms with Gasteiger partial charge in [-0.15, -0.1) is 0 Å². The number of likely N-dealkylation sites (tertiary alicyclic amines) is 1. The lowest BCUT2D eigenvalue weighted by Crippen LogP contribution is -2.49. The molecule has 0 aliphatic carbocycles. The summed E-state index contributed by atoms with van der Waals surface area (Å²) >= 11 is 0. The minimum atomic E-state index is -0.248. The van der Waals surface area contributed by atoms with Crippen molar-refractivity contribution in [1.29, 1.82) is 0 Å². The van der Waals surface area contributed by atoms with Crippen LogP contribution in [0.25, 0.3) is 0 Å². The Bertz CT molecular complexity index is 311. The van der Waals surface area contributed by atoms with Crippen LogP contribution in [-0.4, -0.2) is 49.7 Å². The second kappa shape index (κ2) is 6.90. The topological polar surface area (TPSA) is 41.6 Å². The maximum Gasteiger partial charge on any atom is 0.227 e. The van der Waals surface area contributed by atoms with Crippen molar-refractivity contribution < 1.29 is 9.53 Å². The first-order valence-corrected chi connectivity index (χ1v) is 8.07. The number of ether oxygens (including phenoxy) is 1. The van der Waals surface area contributed by atoms with Crippen molar-refractivity contribution in [3.05, 3.63) is 0 Å². The van der Waals surface area contributed by atoms with Gasteiger partial charge in [0.05, 0.1) is 0 Å². The van der Waals surface area contributed by atoms with Gasteiger partial charge in [0.1, 0.15) is 0 Å². The Hall–Kier alpha value is -0.610. The third-order valence-electron chi connectivity index (χ3n) is 4.46. The summed E-state index contributed by atoms with van der Waals surface area (Å²) in [5, 5.41) is 3.70. The summed E-state index contributed by atoms with van der Waals surface area (Å²) in [6, 6.07) is 0.585. The lowest BCUT2D eigenvalue weighted by atomic mass is 9.92. The zero-order valence-corrected chi connectivity index (χ0v) is 13.3. The summed E-state index contributed by atoms with van der Waals surface area (Å²) in [7, 11) is 0. The third kappa shape index (κ3) is 4.45. The van der Waals surface area contributed by atoms with Gasteiger partial charge >= 0.3 is 0 Å². The highest BCUT2D eigenvalue weighted by atomic mass is 16.5. The van der Waals surface area contributed by atoms with Crippen LogP contribution in [0.3, 0.4) is 0 Å². The highest BCUT2D eigenvalue weighted by Crippen LogP contribution is 2.21. The van der Waals surface area contributed by atoms with Gasteiger partial charge in [-0.1, -0.05) is 20.8 Å². The number of carbonyl (C=O) groups is 1. The van der Waals surface area contributed by atoms with Crippen molar-refractivity contribution in [3.63, 3.8) is 0 Å². The smallest absolute Gasteiger partial charge is 0.227 e. The molecule has 2 fully saturated rings. The van der Waals surface area contributed by atoms with E-state index in [1.54, 1.807) is 0 Å². The molecule has 2 rings (SSSR count). The molecule has 0 spiro atoms. The molecule has 1 N–H and O–H groups in total. The van der Waals surface area contributed by atoms with Crippen molar-refractivity contribution in [2.24, 2.45) is 11.3 Å². The van der Waals surface area contributed by atoms with E-state index in [0.29, 0.717) is 11.9 Å². The molecule has 0 aromatic rings. The van der Waals surface area contributed by atoms with Gasteiger partial charge in [-0.2, -0.15) is 0 Å². The molecule has 20 heavy (non-hydrogen) atoms. The average molecular weight is 282 g/mol. The van der Waals surface area contributed by atoms with E-state index in [4.69, 9.17) is 4.74 Å². The summed E-state index contributed by atoms with van der Waals surface area (Å²) in [6.45, 7) is 10.8. The van der Waals surface area contributed by atoms with Crippen LogP contribution in [0.2, 0.25) is 0 Å². The van der Waals surface area contributed by atoms with Crippen LogP contribution in [0.15, 0.2) is 0 Å². The van der Waals surface area contributed by atoms with Crippen molar-refractivity contribution >= 4 is 5.91 Å². The summed E-state index contributed by atoms with van der Waals surface area (Å²) < 4.78 is 5.39. The number of rotatable bonds is 3. The fourth-order valence-corrected chi connectivity index (χ4v) is 3.04. The van der Waals surface area contributed by atoms with Crippen LogP contribution in [0.1, 0.15) is 46.5 Å². The minimum Gasteiger partial charge on any atom is -0.381 e. The molecule has 0 saturated carbocycles. The fraction of sp³-hybridized carbons (Fsp3) is 0.938. The predicted octanol–water partition coefficient (Wildman–Crippen LogP) is 2.04. The van der Waals surface area contributed by atoms with Crippen LogP contribution < -0.4 is 5.32 Å².